The van der Waals surface area contributed by atoms with Gasteiger partial charge in [0.1, 0.15) is 17.1 Å². The fourth-order valence-electron chi connectivity index (χ4n) is 3.03. The number of rotatable bonds is 4. The van der Waals surface area contributed by atoms with Crippen LogP contribution in [0.3, 0.4) is 0 Å². The summed E-state index contributed by atoms with van der Waals surface area (Å²) in [5.41, 5.74) is 2.28. The molecule has 1 N–H and O–H groups in total. The predicted octanol–water partition coefficient (Wildman–Crippen LogP) is 5.06. The number of phenolic OH excluding ortho intramolecular Hbond substituents is 1. The molecule has 3 aromatic carbocycles. The molecule has 0 aliphatic rings. The highest BCUT2D eigenvalue weighted by molar-refractivity contribution is 5.80. The van der Waals surface area contributed by atoms with Crippen LogP contribution in [0.5, 0.6) is 17.2 Å². The van der Waals surface area contributed by atoms with Gasteiger partial charge in [0, 0.05) is 23.1 Å². The van der Waals surface area contributed by atoms with Gasteiger partial charge in [-0.25, -0.2) is 4.99 Å². The van der Waals surface area contributed by atoms with E-state index in [1.54, 1.807) is 38.5 Å². The Morgan fingerprint density at radius 1 is 0.821 bits per heavy atom. The molecule has 0 spiro atoms. The standard InChI is InChI=1S/C23H19NO4/c1-26-21-10-8-16(12-23(21)27-2)24-19-14-22(15-6-4-3-5-7-15)28-20-11-9-17(25)13-18(19)20/h3-14,25H,1-2H3. The van der Waals surface area contributed by atoms with E-state index in [0.717, 1.165) is 10.9 Å². The second-order valence-corrected chi connectivity index (χ2v) is 6.19. The molecular weight excluding hydrogens is 354 g/mol. The number of fused-ring (bicyclic) bond motifs is 1. The van der Waals surface area contributed by atoms with E-state index in [1.807, 2.05) is 48.5 Å². The number of nitrogens with zero attached hydrogens (tertiary/aromatic N) is 1. The lowest BCUT2D eigenvalue weighted by Crippen LogP contribution is -2.03. The Bertz CT molecular complexity index is 1200. The Morgan fingerprint density at radius 3 is 2.36 bits per heavy atom. The van der Waals surface area contributed by atoms with Crippen molar-refractivity contribution in [2.45, 2.75) is 0 Å². The Kier molecular flexibility index (Phi) is 4.72. The largest absolute Gasteiger partial charge is 0.508 e. The number of methoxy groups -OCH3 is 2. The smallest absolute Gasteiger partial charge is 0.162 e. The first-order chi connectivity index (χ1) is 13.7. The maximum absolute atomic E-state index is 9.94. The van der Waals surface area contributed by atoms with E-state index in [1.165, 1.54) is 0 Å². The van der Waals surface area contributed by atoms with E-state index in [9.17, 15) is 5.11 Å². The summed E-state index contributed by atoms with van der Waals surface area (Å²) in [6, 6.07) is 22.1. The average molecular weight is 373 g/mol. The van der Waals surface area contributed by atoms with Crippen LogP contribution < -0.4 is 14.8 Å². The van der Waals surface area contributed by atoms with Crippen LogP contribution >= 0.6 is 0 Å². The number of hydrogen-bond donors (Lipinski definition) is 1. The molecule has 0 saturated carbocycles. The average Bonchev–Trinajstić information content (AvgIpc) is 2.74. The second-order valence-electron chi connectivity index (χ2n) is 6.19. The molecule has 0 aliphatic carbocycles. The fraction of sp³-hybridized carbons (Fsp3) is 0.0870. The van der Waals surface area contributed by atoms with Crippen molar-refractivity contribution in [3.63, 3.8) is 0 Å². The van der Waals surface area contributed by atoms with Gasteiger partial charge in [0.2, 0.25) is 0 Å². The van der Waals surface area contributed by atoms with Crippen LogP contribution in [0, 0.1) is 0 Å². The van der Waals surface area contributed by atoms with Crippen molar-refractivity contribution in [2.24, 2.45) is 4.99 Å². The minimum absolute atomic E-state index is 0.152. The molecule has 0 unspecified atom stereocenters. The highest BCUT2D eigenvalue weighted by atomic mass is 16.5. The Hall–Kier alpha value is -3.73. The summed E-state index contributed by atoms with van der Waals surface area (Å²) in [5, 5.41) is 11.3. The first-order valence-corrected chi connectivity index (χ1v) is 8.77. The summed E-state index contributed by atoms with van der Waals surface area (Å²) in [4.78, 5) is 4.77. The van der Waals surface area contributed by atoms with Crippen LogP contribution in [-0.4, -0.2) is 19.3 Å². The lowest BCUT2D eigenvalue weighted by molar-refractivity contribution is 0.355. The molecule has 0 radical (unpaired) electrons. The molecule has 0 bridgehead atoms. The monoisotopic (exact) mass is 373 g/mol. The molecule has 0 fully saturated rings. The number of phenols is 1. The zero-order valence-electron chi connectivity index (χ0n) is 15.5. The second kappa shape index (κ2) is 7.48. The van der Waals surface area contributed by atoms with Gasteiger partial charge in [-0.3, -0.25) is 0 Å². The molecule has 4 aromatic rings. The van der Waals surface area contributed by atoms with Gasteiger partial charge in [0.05, 0.1) is 25.3 Å². The lowest BCUT2D eigenvalue weighted by atomic mass is 10.1. The van der Waals surface area contributed by atoms with Gasteiger partial charge in [-0.1, -0.05) is 30.3 Å². The third-order valence-corrected chi connectivity index (χ3v) is 4.40. The van der Waals surface area contributed by atoms with Gasteiger partial charge in [-0.05, 0) is 30.3 Å². The summed E-state index contributed by atoms with van der Waals surface area (Å²) in [7, 11) is 3.18. The molecule has 5 nitrogen and oxygen atoms in total. The van der Waals surface area contributed by atoms with Gasteiger partial charge < -0.3 is 19.0 Å². The molecule has 4 rings (SSSR count). The minimum atomic E-state index is 0.152. The van der Waals surface area contributed by atoms with Gasteiger partial charge >= 0.3 is 0 Å². The Morgan fingerprint density at radius 2 is 1.61 bits per heavy atom. The van der Waals surface area contributed by atoms with Gasteiger partial charge in [-0.2, -0.15) is 0 Å². The molecule has 0 amide bonds. The van der Waals surface area contributed by atoms with Crippen LogP contribution in [0.25, 0.3) is 22.3 Å². The summed E-state index contributed by atoms with van der Waals surface area (Å²) in [6.45, 7) is 0. The normalized spacial score (nSPS) is 11.6. The fourth-order valence-corrected chi connectivity index (χ4v) is 3.03. The summed E-state index contributed by atoms with van der Waals surface area (Å²) in [5.74, 6) is 2.08. The van der Waals surface area contributed by atoms with E-state index in [-0.39, 0.29) is 5.75 Å². The van der Waals surface area contributed by atoms with Crippen LogP contribution in [-0.2, 0) is 0 Å². The van der Waals surface area contributed by atoms with Crippen LogP contribution in [0.1, 0.15) is 0 Å². The highest BCUT2D eigenvalue weighted by Crippen LogP contribution is 2.31. The van der Waals surface area contributed by atoms with Crippen LogP contribution in [0.15, 0.2) is 82.2 Å². The highest BCUT2D eigenvalue weighted by Gasteiger charge is 2.08. The van der Waals surface area contributed by atoms with Gasteiger partial charge in [-0.15, -0.1) is 0 Å². The first kappa shape index (κ1) is 17.7. The van der Waals surface area contributed by atoms with Crippen molar-refractivity contribution in [2.75, 3.05) is 14.2 Å². The van der Waals surface area contributed by atoms with Crippen molar-refractivity contribution in [3.05, 3.63) is 78.2 Å². The van der Waals surface area contributed by atoms with E-state index in [0.29, 0.717) is 33.9 Å². The van der Waals surface area contributed by atoms with E-state index in [4.69, 9.17) is 18.9 Å². The topological polar surface area (TPSA) is 64.2 Å². The number of benzene rings is 3. The lowest BCUT2D eigenvalue weighted by Gasteiger charge is -2.08. The quantitative estimate of drug-likeness (QED) is 0.543. The third kappa shape index (κ3) is 3.42. The van der Waals surface area contributed by atoms with Crippen LogP contribution in [0.4, 0.5) is 5.69 Å². The molecule has 0 atom stereocenters. The van der Waals surface area contributed by atoms with Gasteiger partial charge in [0.25, 0.3) is 0 Å². The van der Waals surface area contributed by atoms with E-state index >= 15 is 0 Å². The number of aromatic hydroxyl groups is 1. The molecule has 0 aliphatic heterocycles. The molecule has 28 heavy (non-hydrogen) atoms. The van der Waals surface area contributed by atoms with Crippen molar-refractivity contribution < 1.29 is 19.0 Å². The third-order valence-electron chi connectivity index (χ3n) is 4.40. The van der Waals surface area contributed by atoms with Crippen molar-refractivity contribution >= 4 is 16.7 Å². The molecule has 1 heterocycles. The van der Waals surface area contributed by atoms with E-state index < -0.39 is 0 Å². The minimum Gasteiger partial charge on any atom is -0.508 e. The summed E-state index contributed by atoms with van der Waals surface area (Å²) < 4.78 is 16.7. The van der Waals surface area contributed by atoms with Crippen LogP contribution in [0.2, 0.25) is 0 Å². The predicted molar refractivity (Wildman–Crippen MR) is 108 cm³/mol. The SMILES string of the molecule is COc1ccc(N=c2cc(-c3ccccc3)oc3ccc(O)cc23)cc1OC. The number of ether oxygens (including phenoxy) is 2. The first-order valence-electron chi connectivity index (χ1n) is 8.77. The van der Waals surface area contributed by atoms with E-state index in [2.05, 4.69) is 0 Å². The van der Waals surface area contributed by atoms with Crippen molar-refractivity contribution in [3.8, 4) is 28.6 Å². The molecule has 5 heteroatoms. The van der Waals surface area contributed by atoms with Crippen molar-refractivity contribution in [1.29, 1.82) is 0 Å². The zero-order chi connectivity index (χ0) is 19.5. The number of hydrogen-bond acceptors (Lipinski definition) is 5. The molecule has 140 valence electrons. The molecule has 0 saturated heterocycles. The van der Waals surface area contributed by atoms with Crippen molar-refractivity contribution in [1.82, 2.24) is 0 Å². The zero-order valence-corrected chi connectivity index (χ0v) is 15.5. The molecular formula is C23H19NO4. The summed E-state index contributed by atoms with van der Waals surface area (Å²) >= 11 is 0. The Labute approximate surface area is 162 Å². The Balaban J connectivity index is 1.96. The maximum Gasteiger partial charge on any atom is 0.162 e. The maximum atomic E-state index is 9.94. The molecule has 1 aromatic heterocycles. The van der Waals surface area contributed by atoms with Gasteiger partial charge in [0.15, 0.2) is 11.5 Å². The summed E-state index contributed by atoms with van der Waals surface area (Å²) in [6.07, 6.45) is 0.